The number of piperazine rings is 1. The molecule has 1 unspecified atom stereocenters. The fourth-order valence-electron chi connectivity index (χ4n) is 3.44. The van der Waals surface area contributed by atoms with Crippen molar-refractivity contribution in [2.24, 2.45) is 11.8 Å². The van der Waals surface area contributed by atoms with E-state index in [1.54, 1.807) is 9.21 Å². The van der Waals surface area contributed by atoms with E-state index in [1.807, 2.05) is 0 Å². The molecule has 1 N–H and O–H groups in total. The van der Waals surface area contributed by atoms with Crippen LogP contribution in [0.1, 0.15) is 19.8 Å². The second-order valence-corrected chi connectivity index (χ2v) is 8.13. The normalized spacial score (nSPS) is 35.7. The standard InChI is InChI=1S/C12H21N3O3S/c1-9-4-10(5-9)8-19(17,18)14-2-3-15-11(7-14)6-13-12(15)16/h9-11H,2-8H2,1H3,(H,13,16). The second-order valence-electron chi connectivity index (χ2n) is 6.11. The van der Waals surface area contributed by atoms with Gasteiger partial charge < -0.3 is 10.2 Å². The van der Waals surface area contributed by atoms with Crippen molar-refractivity contribution in [1.29, 1.82) is 0 Å². The highest BCUT2D eigenvalue weighted by molar-refractivity contribution is 7.89. The number of carbonyl (C=O) groups is 1. The Balaban J connectivity index is 1.61. The van der Waals surface area contributed by atoms with E-state index >= 15 is 0 Å². The molecule has 0 aromatic carbocycles. The lowest BCUT2D eigenvalue weighted by atomic mass is 9.77. The first-order valence-corrected chi connectivity index (χ1v) is 8.59. The van der Waals surface area contributed by atoms with Gasteiger partial charge in [-0.15, -0.1) is 0 Å². The molecule has 6 nitrogen and oxygen atoms in total. The highest BCUT2D eigenvalue weighted by Gasteiger charge is 2.40. The molecule has 0 aromatic rings. The van der Waals surface area contributed by atoms with Gasteiger partial charge in [-0.05, 0) is 24.7 Å². The Bertz CT molecular complexity index is 473. The maximum Gasteiger partial charge on any atom is 0.317 e. The van der Waals surface area contributed by atoms with E-state index in [0.717, 1.165) is 12.8 Å². The zero-order valence-electron chi connectivity index (χ0n) is 11.2. The van der Waals surface area contributed by atoms with Crippen LogP contribution in [0.3, 0.4) is 0 Å². The van der Waals surface area contributed by atoms with Crippen LogP contribution in [-0.2, 0) is 10.0 Å². The van der Waals surface area contributed by atoms with Crippen LogP contribution < -0.4 is 5.32 Å². The maximum absolute atomic E-state index is 12.4. The van der Waals surface area contributed by atoms with Gasteiger partial charge in [-0.25, -0.2) is 13.2 Å². The molecule has 1 saturated carbocycles. The summed E-state index contributed by atoms with van der Waals surface area (Å²) in [4.78, 5) is 13.2. The Labute approximate surface area is 114 Å². The zero-order valence-corrected chi connectivity index (χ0v) is 12.0. The first kappa shape index (κ1) is 13.2. The number of urea groups is 1. The molecule has 19 heavy (non-hydrogen) atoms. The van der Waals surface area contributed by atoms with Gasteiger partial charge in [-0.1, -0.05) is 6.92 Å². The van der Waals surface area contributed by atoms with Gasteiger partial charge in [0, 0.05) is 26.2 Å². The van der Waals surface area contributed by atoms with E-state index in [-0.39, 0.29) is 17.8 Å². The third-order valence-corrected chi connectivity index (χ3v) is 6.52. The molecule has 0 spiro atoms. The van der Waals surface area contributed by atoms with E-state index < -0.39 is 10.0 Å². The predicted molar refractivity (Wildman–Crippen MR) is 71.1 cm³/mol. The third kappa shape index (κ3) is 2.45. The second kappa shape index (κ2) is 4.63. The molecule has 1 atom stereocenters. The molecule has 108 valence electrons. The molecule has 2 heterocycles. The quantitative estimate of drug-likeness (QED) is 0.799. The largest absolute Gasteiger partial charge is 0.336 e. The van der Waals surface area contributed by atoms with Gasteiger partial charge in [-0.2, -0.15) is 4.31 Å². The highest BCUT2D eigenvalue weighted by atomic mass is 32.2. The smallest absolute Gasteiger partial charge is 0.317 e. The highest BCUT2D eigenvalue weighted by Crippen LogP contribution is 2.34. The average molecular weight is 287 g/mol. The van der Waals surface area contributed by atoms with Crippen molar-refractivity contribution >= 4 is 16.1 Å². The minimum Gasteiger partial charge on any atom is -0.336 e. The van der Waals surface area contributed by atoms with Crippen LogP contribution >= 0.6 is 0 Å². The summed E-state index contributed by atoms with van der Waals surface area (Å²) in [5.74, 6) is 1.29. The number of sulfonamides is 1. The molecule has 3 rings (SSSR count). The Morgan fingerprint density at radius 1 is 1.32 bits per heavy atom. The molecular weight excluding hydrogens is 266 g/mol. The van der Waals surface area contributed by atoms with Crippen molar-refractivity contribution in [3.05, 3.63) is 0 Å². The topological polar surface area (TPSA) is 69.7 Å². The molecular formula is C12H21N3O3S. The first-order chi connectivity index (χ1) is 8.95. The SMILES string of the molecule is CC1CC(CS(=O)(=O)N2CCN3C(=O)NCC3C2)C1. The lowest BCUT2D eigenvalue weighted by molar-refractivity contribution is 0.163. The molecule has 0 bridgehead atoms. The van der Waals surface area contributed by atoms with Crippen LogP contribution in [0.15, 0.2) is 0 Å². The molecule has 2 saturated heterocycles. The van der Waals surface area contributed by atoms with E-state index in [9.17, 15) is 13.2 Å². The van der Waals surface area contributed by atoms with Crippen LogP contribution in [0, 0.1) is 11.8 Å². The van der Waals surface area contributed by atoms with E-state index in [4.69, 9.17) is 0 Å². The molecule has 3 fully saturated rings. The summed E-state index contributed by atoms with van der Waals surface area (Å²) >= 11 is 0. The van der Waals surface area contributed by atoms with Crippen LogP contribution in [-0.4, -0.2) is 61.6 Å². The number of carbonyl (C=O) groups excluding carboxylic acids is 1. The molecule has 0 radical (unpaired) electrons. The van der Waals surface area contributed by atoms with Gasteiger partial charge >= 0.3 is 6.03 Å². The Hall–Kier alpha value is -0.820. The minimum absolute atomic E-state index is 0.0105. The predicted octanol–water partition coefficient (Wildman–Crippen LogP) is 0.0717. The summed E-state index contributed by atoms with van der Waals surface area (Å²) in [6, 6.07) is -0.0498. The van der Waals surface area contributed by atoms with Crippen LogP contribution in [0.25, 0.3) is 0 Å². The lowest BCUT2D eigenvalue weighted by Crippen LogP contribution is -2.54. The Kier molecular flexibility index (Phi) is 3.21. The van der Waals surface area contributed by atoms with Crippen molar-refractivity contribution in [3.8, 4) is 0 Å². The van der Waals surface area contributed by atoms with Crippen molar-refractivity contribution < 1.29 is 13.2 Å². The van der Waals surface area contributed by atoms with Gasteiger partial charge in [0.1, 0.15) is 0 Å². The number of fused-ring (bicyclic) bond motifs is 1. The van der Waals surface area contributed by atoms with Gasteiger partial charge in [0.15, 0.2) is 0 Å². The van der Waals surface area contributed by atoms with Crippen LogP contribution in [0.5, 0.6) is 0 Å². The molecule has 0 aromatic heterocycles. The fraction of sp³-hybridized carbons (Fsp3) is 0.917. The molecule has 2 aliphatic heterocycles. The number of hydrogen-bond donors (Lipinski definition) is 1. The van der Waals surface area contributed by atoms with Crippen molar-refractivity contribution in [2.45, 2.75) is 25.8 Å². The zero-order chi connectivity index (χ0) is 13.6. The number of rotatable bonds is 3. The van der Waals surface area contributed by atoms with Crippen molar-refractivity contribution in [1.82, 2.24) is 14.5 Å². The Morgan fingerprint density at radius 2 is 2.05 bits per heavy atom. The van der Waals surface area contributed by atoms with E-state index in [2.05, 4.69) is 12.2 Å². The van der Waals surface area contributed by atoms with Gasteiger partial charge in [0.25, 0.3) is 0 Å². The molecule has 7 heteroatoms. The minimum atomic E-state index is -3.16. The summed E-state index contributed by atoms with van der Waals surface area (Å²) < 4.78 is 26.3. The number of nitrogens with zero attached hydrogens (tertiary/aromatic N) is 2. The lowest BCUT2D eigenvalue weighted by Gasteiger charge is -2.38. The molecule has 3 aliphatic rings. The Morgan fingerprint density at radius 3 is 2.74 bits per heavy atom. The van der Waals surface area contributed by atoms with Crippen LogP contribution in [0.2, 0.25) is 0 Å². The van der Waals surface area contributed by atoms with E-state index in [0.29, 0.717) is 38.0 Å². The summed E-state index contributed by atoms with van der Waals surface area (Å²) in [6.45, 7) is 4.12. The third-order valence-electron chi connectivity index (χ3n) is 4.51. The number of amides is 2. The average Bonchev–Trinajstić information content (AvgIpc) is 2.68. The van der Waals surface area contributed by atoms with Crippen molar-refractivity contribution in [2.75, 3.05) is 31.9 Å². The monoisotopic (exact) mass is 287 g/mol. The van der Waals surface area contributed by atoms with Crippen LogP contribution in [0.4, 0.5) is 4.79 Å². The number of nitrogens with one attached hydrogen (secondary N) is 1. The number of hydrogen-bond acceptors (Lipinski definition) is 3. The van der Waals surface area contributed by atoms with Gasteiger partial charge in [-0.3, -0.25) is 0 Å². The molecule has 1 aliphatic carbocycles. The summed E-state index contributed by atoms with van der Waals surface area (Å²) in [5, 5.41) is 2.77. The molecule has 2 amide bonds. The van der Waals surface area contributed by atoms with Gasteiger partial charge in [0.05, 0.1) is 11.8 Å². The van der Waals surface area contributed by atoms with Gasteiger partial charge in [0.2, 0.25) is 10.0 Å². The summed E-state index contributed by atoms with van der Waals surface area (Å²) in [7, 11) is -3.16. The summed E-state index contributed by atoms with van der Waals surface area (Å²) in [5.41, 5.74) is 0. The maximum atomic E-state index is 12.4. The summed E-state index contributed by atoms with van der Waals surface area (Å²) in [6.07, 6.45) is 2.06. The van der Waals surface area contributed by atoms with Crippen molar-refractivity contribution in [3.63, 3.8) is 0 Å². The van der Waals surface area contributed by atoms with E-state index in [1.165, 1.54) is 0 Å². The fourth-order valence-corrected chi connectivity index (χ4v) is 5.27. The first-order valence-electron chi connectivity index (χ1n) is 6.98.